The number of hydrogen-bond acceptors (Lipinski definition) is 10. The first-order chi connectivity index (χ1) is 49.1. The average Bonchev–Trinajstić information content (AvgIpc) is 0.780. The Labute approximate surface area is 707 Å². The maximum atomic E-state index is 13.7. The minimum atomic E-state index is -3.56. The van der Waals surface area contributed by atoms with Crippen LogP contribution in [0.25, 0.3) is 0 Å². The molecule has 595 valence electrons. The van der Waals surface area contributed by atoms with Gasteiger partial charge in [-0.15, -0.1) is 45.4 Å². The van der Waals surface area contributed by atoms with E-state index in [-0.39, 0.29) is 89.1 Å². The Balaban J connectivity index is 0.000000256. The largest absolute Gasteiger partial charge is 0.444 e. The van der Waals surface area contributed by atoms with Gasteiger partial charge in [0.1, 0.15) is 33.9 Å². The van der Waals surface area contributed by atoms with E-state index in [9.17, 15) is 26.4 Å². The van der Waals surface area contributed by atoms with E-state index in [1.165, 1.54) is 36.8 Å². The number of benzene rings is 5. The molecule has 0 aliphatic carbocycles. The summed E-state index contributed by atoms with van der Waals surface area (Å²) in [5, 5.41) is 17.2. The van der Waals surface area contributed by atoms with Crippen LogP contribution in [0.5, 0.6) is 0 Å². The topological polar surface area (TPSA) is 158 Å². The second-order valence-corrected chi connectivity index (χ2v) is 53.7. The fourth-order valence-corrected chi connectivity index (χ4v) is 40.6. The van der Waals surface area contributed by atoms with Crippen LogP contribution in [0, 0.1) is 13.8 Å². The quantitative estimate of drug-likeness (QED) is 0.0783. The second-order valence-electron chi connectivity index (χ2n) is 31.5. The summed E-state index contributed by atoms with van der Waals surface area (Å²) in [6, 6.07) is 42.3. The van der Waals surface area contributed by atoms with Crippen LogP contribution in [0.4, 0.5) is 9.59 Å². The summed E-state index contributed by atoms with van der Waals surface area (Å²) in [5.41, 5.74) is 7.44. The Hall–Kier alpha value is -0.0708. The van der Waals surface area contributed by atoms with E-state index >= 15 is 0 Å². The predicted octanol–water partition coefficient (Wildman–Crippen LogP) is 12.9. The molecular weight excluding hydrogens is 1860 g/mol. The zero-order chi connectivity index (χ0) is 77.9. The Bertz CT molecular complexity index is 3950. The van der Waals surface area contributed by atoms with Gasteiger partial charge >= 0.3 is 12.2 Å². The number of sulfonamides is 2. The first-order valence-corrected chi connectivity index (χ1v) is 54.6. The summed E-state index contributed by atoms with van der Waals surface area (Å²) in [4.78, 5) is 30.4. The molecule has 1 radical (unpaired) electrons. The summed E-state index contributed by atoms with van der Waals surface area (Å²) >= 11 is 4.24. The second kappa shape index (κ2) is 39.9. The van der Waals surface area contributed by atoms with E-state index in [2.05, 4.69) is 204 Å². The number of aryl methyl sites for hydroxylation is 2. The van der Waals surface area contributed by atoms with Crippen LogP contribution in [0.1, 0.15) is 136 Å². The van der Waals surface area contributed by atoms with Crippen molar-refractivity contribution in [3.63, 3.8) is 0 Å². The molecule has 6 saturated heterocycles. The molecule has 11 rings (SSSR count). The van der Waals surface area contributed by atoms with Crippen molar-refractivity contribution in [3.05, 3.63) is 132 Å². The summed E-state index contributed by atoms with van der Waals surface area (Å²) < 4.78 is 69.4. The summed E-state index contributed by atoms with van der Waals surface area (Å²) in [6.07, 6.45) is -0.365. The van der Waals surface area contributed by atoms with Crippen LogP contribution in [-0.2, 0) is 48.1 Å². The van der Waals surface area contributed by atoms with Crippen LogP contribution in [0.3, 0.4) is 0 Å². The van der Waals surface area contributed by atoms with E-state index in [0.29, 0.717) is 77.5 Å². The van der Waals surface area contributed by atoms with E-state index in [4.69, 9.17) is 9.47 Å². The molecule has 2 amide bonds. The third-order valence-corrected chi connectivity index (χ3v) is 43.5. The molecule has 0 spiro atoms. The van der Waals surface area contributed by atoms with Gasteiger partial charge in [-0.25, -0.2) is 26.4 Å². The Kier molecular flexibility index (Phi) is 35.7. The van der Waals surface area contributed by atoms with Gasteiger partial charge in [-0.3, -0.25) is 0 Å². The molecule has 0 aromatic heterocycles. The molecule has 12 atom stereocenters. The van der Waals surface area contributed by atoms with Gasteiger partial charge in [0.25, 0.3) is 0 Å². The van der Waals surface area contributed by atoms with Crippen molar-refractivity contribution >= 4 is 193 Å². The third-order valence-electron chi connectivity index (χ3n) is 20.2. The standard InChI is InChI=1S/C32H45BN2O4P2S2.C28H49BN2O4P2.C18H33BN2P2.I2.HI.V/c1-23-11-15-29(16-12-23)42(36,37)34-19-25(3)40(26(4)20-34)31-9-7-8-10-32(31)41(33)27(5)21-35(22-28(41)6)43(38,39)30-17-13-24(2)14-18-30;1-19-15-30(25(32)34-27(5,6)7)16-20(2)36(19)23-13-11-12-14-24(23)37(29)21(3)17-31(18-22(37)4)26(33)35-28(8,9)10;1-13-9-20-10-14(2)22(13)17-7-5-6-8-18(17)23(19)15(3)11-21-12-16(23)4;1-2;;/h7-18,25-28H,19-22H2,1-6,33H3;11-14,19-22H,15-18H2,1-10,29H3;5-8,13-16,20-21H,9-12H2,1-4,19H3;;1H;/t25-,26-,27-,28-;19-,20-,21-,22-;13-,14-,15-,16-;;;/m111.../s1. The molecular formula is C78H128B3I3N6O8P6S2V. The Morgan fingerprint density at radius 2 is 0.673 bits per heavy atom. The number of nitrogens with one attached hydrogen (secondary N) is 2. The molecule has 6 aliphatic rings. The fourth-order valence-electron chi connectivity index (χ4n) is 16.1. The van der Waals surface area contributed by atoms with Crippen molar-refractivity contribution in [2.24, 2.45) is 0 Å². The van der Waals surface area contributed by atoms with E-state index < -0.39 is 68.5 Å². The van der Waals surface area contributed by atoms with Gasteiger partial charge in [0, 0.05) is 171 Å². The maximum absolute atomic E-state index is 13.7. The zero-order valence-corrected chi connectivity index (χ0v) is 80.2. The van der Waals surface area contributed by atoms with Crippen LogP contribution in [0.2, 0.25) is 0 Å². The molecule has 5 aromatic rings. The average molecular weight is 1990 g/mol. The Morgan fingerprint density at radius 3 is 1.00 bits per heavy atom. The van der Waals surface area contributed by atoms with Gasteiger partial charge in [-0.05, 0) is 173 Å². The molecule has 0 bridgehead atoms. The minimum absolute atomic E-state index is 0. The molecule has 6 fully saturated rings. The minimum Gasteiger partial charge on any atom is -0.444 e. The van der Waals surface area contributed by atoms with E-state index in [1.807, 2.05) is 94.8 Å². The monoisotopic (exact) mass is 1990 g/mol. The van der Waals surface area contributed by atoms with Crippen LogP contribution < -0.4 is 42.5 Å². The van der Waals surface area contributed by atoms with Crippen LogP contribution in [-0.4, -0.2) is 228 Å². The molecule has 2 N–H and O–H groups in total. The third kappa shape index (κ3) is 21.8. The van der Waals surface area contributed by atoms with Crippen molar-refractivity contribution in [1.29, 1.82) is 0 Å². The SMILES string of the molecule is I.II.[BH3-][P+]1(c2ccccc2P2[C@H](C)CN(C(=O)OC(C)(C)C)C[C@H]2C)[C@H](C)CN(C(=O)OC(C)(C)C)C[C@H]1C.[BH3-][P+]1(c2ccccc2P2[C@H](C)CN(S(=O)(=O)c3ccc(C)cc3)C[C@H]2C)[C@H](C)CN(S(=O)(=O)c2ccc(C)cc2)C[C@H]1C.[BH3-][P+]1(c2ccccc2P2[C@H](C)CNC[C@H]2C)[C@H](C)CNC[C@H]1C.[V]. The number of hydrogen-bond donors (Lipinski definition) is 2. The number of halogens is 3. The van der Waals surface area contributed by atoms with Crippen molar-refractivity contribution in [2.75, 3.05) is 78.5 Å². The normalized spacial score (nSPS) is 27.4. The summed E-state index contributed by atoms with van der Waals surface area (Å²) in [5.74, 6) is 0. The summed E-state index contributed by atoms with van der Waals surface area (Å²) in [7, 11) is -11.7. The smallest absolute Gasteiger partial charge is 0.410 e. The molecule has 14 nitrogen and oxygen atoms in total. The van der Waals surface area contributed by atoms with Gasteiger partial charge < -0.3 is 29.9 Å². The molecule has 6 heterocycles. The Morgan fingerprint density at radius 1 is 0.411 bits per heavy atom. The predicted molar refractivity (Wildman–Crippen MR) is 507 cm³/mol. The number of ether oxygens (including phenoxy) is 2. The number of carbonyl (C=O) groups is 2. The molecule has 29 heteroatoms. The fraction of sp³-hybridized carbons (Fsp3) is 0.590. The molecule has 0 saturated carbocycles. The van der Waals surface area contributed by atoms with Crippen molar-refractivity contribution in [3.8, 4) is 0 Å². The van der Waals surface area contributed by atoms with Gasteiger partial charge in [0.05, 0.1) is 38.8 Å². The number of amides is 2. The van der Waals surface area contributed by atoms with Crippen LogP contribution in [0.15, 0.2) is 131 Å². The first kappa shape index (κ1) is 95.8. The number of rotatable bonds is 10. The van der Waals surface area contributed by atoms with Gasteiger partial charge in [0.15, 0.2) is 0 Å². The number of nitrogens with zero attached hydrogens (tertiary/aromatic N) is 4. The summed E-state index contributed by atoms with van der Waals surface area (Å²) in [6.45, 7) is 54.2. The van der Waals surface area contributed by atoms with Crippen molar-refractivity contribution in [1.82, 2.24) is 29.0 Å². The first-order valence-electron chi connectivity index (χ1n) is 36.6. The van der Waals surface area contributed by atoms with E-state index in [0.717, 1.165) is 59.9 Å². The number of carbonyl (C=O) groups excluding carboxylic acids is 2. The van der Waals surface area contributed by atoms with E-state index in [1.54, 1.807) is 48.8 Å². The molecule has 5 aromatic carbocycles. The van der Waals surface area contributed by atoms with Gasteiger partial charge in [-0.2, -0.15) is 8.61 Å². The van der Waals surface area contributed by atoms with Crippen LogP contribution >= 0.6 is 106 Å². The maximum Gasteiger partial charge on any atom is 0.410 e. The molecule has 0 unspecified atom stereocenters. The van der Waals surface area contributed by atoms with Crippen molar-refractivity contribution in [2.45, 2.75) is 227 Å². The molecule has 107 heavy (non-hydrogen) atoms. The van der Waals surface area contributed by atoms with Gasteiger partial charge in [0.2, 0.25) is 20.0 Å². The van der Waals surface area contributed by atoms with Crippen molar-refractivity contribution < 1.29 is 54.5 Å². The van der Waals surface area contributed by atoms with Gasteiger partial charge in [-0.1, -0.05) is 155 Å². The molecule has 6 aliphatic heterocycles. The zero-order valence-electron chi connectivity index (χ0n) is 65.1.